The maximum absolute atomic E-state index is 2.56. The molecule has 0 N–H and O–H groups in total. The van der Waals surface area contributed by atoms with Crippen LogP contribution in [0.15, 0.2) is 231 Å². The zero-order valence-electron chi connectivity index (χ0n) is 49.8. The quantitative estimate of drug-likeness (QED) is 0.138. The van der Waals surface area contributed by atoms with E-state index in [9.17, 15) is 0 Å². The van der Waals surface area contributed by atoms with E-state index in [0.717, 1.165) is 17.1 Å². The zero-order valence-corrected chi connectivity index (χ0v) is 49.8. The average Bonchev–Trinajstić information content (AvgIpc) is 3.64. The summed E-state index contributed by atoms with van der Waals surface area (Å²) in [4.78, 5) is 2.49. The molecule has 0 aliphatic heterocycles. The minimum atomic E-state index is -0.00724. The molecular weight excluding hydrogens is 989 g/mol. The van der Waals surface area contributed by atoms with Gasteiger partial charge in [0.1, 0.15) is 0 Å². The first kappa shape index (κ1) is 52.6. The van der Waals surface area contributed by atoms with Crippen molar-refractivity contribution < 1.29 is 0 Å². The van der Waals surface area contributed by atoms with Crippen LogP contribution in [-0.2, 0) is 21.7 Å². The molecule has 12 aromatic carbocycles. The van der Waals surface area contributed by atoms with Crippen LogP contribution < -0.4 is 4.90 Å². The summed E-state index contributed by atoms with van der Waals surface area (Å²) in [7, 11) is 0. The number of nitrogens with zero attached hydrogens (tertiary/aromatic N) is 2. The molecule has 2 heteroatoms. The van der Waals surface area contributed by atoms with E-state index in [1.54, 1.807) is 0 Å². The zero-order chi connectivity index (χ0) is 57.0. The van der Waals surface area contributed by atoms with Gasteiger partial charge in [-0.1, -0.05) is 259 Å². The summed E-state index contributed by atoms with van der Waals surface area (Å²) in [5.41, 5.74) is 22.0. The smallest absolute Gasteiger partial charge is 0.0541 e. The van der Waals surface area contributed by atoms with Crippen LogP contribution in [0, 0.1) is 0 Å². The molecular formula is C80H74N2. The number of para-hydroxylation sites is 1. The Morgan fingerprint density at radius 2 is 0.720 bits per heavy atom. The molecule has 82 heavy (non-hydrogen) atoms. The number of rotatable bonds is 8. The monoisotopic (exact) mass is 1060 g/mol. The number of hydrogen-bond donors (Lipinski definition) is 0. The maximum atomic E-state index is 2.56. The molecule has 0 atom stereocenters. The van der Waals surface area contributed by atoms with Gasteiger partial charge >= 0.3 is 0 Å². The minimum Gasteiger partial charge on any atom is -0.309 e. The molecule has 0 aliphatic rings. The van der Waals surface area contributed by atoms with Crippen molar-refractivity contribution in [2.45, 2.75) is 105 Å². The van der Waals surface area contributed by atoms with Gasteiger partial charge in [-0.2, -0.15) is 0 Å². The second-order valence-corrected chi connectivity index (χ2v) is 27.1. The predicted molar refractivity (Wildman–Crippen MR) is 356 cm³/mol. The summed E-state index contributed by atoms with van der Waals surface area (Å²) >= 11 is 0. The molecule has 13 aromatic rings. The van der Waals surface area contributed by atoms with E-state index in [2.05, 4.69) is 323 Å². The van der Waals surface area contributed by atoms with E-state index in [-0.39, 0.29) is 21.7 Å². The van der Waals surface area contributed by atoms with E-state index in [0.29, 0.717) is 0 Å². The fourth-order valence-electron chi connectivity index (χ4n) is 12.5. The highest BCUT2D eigenvalue weighted by atomic mass is 15.1. The number of anilines is 3. The van der Waals surface area contributed by atoms with Gasteiger partial charge in [-0.3, -0.25) is 0 Å². The Morgan fingerprint density at radius 3 is 1.26 bits per heavy atom. The molecule has 0 fully saturated rings. The third kappa shape index (κ3) is 9.33. The van der Waals surface area contributed by atoms with Gasteiger partial charge in [0.15, 0.2) is 0 Å². The highest BCUT2D eigenvalue weighted by Gasteiger charge is 2.27. The summed E-state index contributed by atoms with van der Waals surface area (Å²) in [6.07, 6.45) is 0. The van der Waals surface area contributed by atoms with Crippen molar-refractivity contribution in [2.75, 3.05) is 4.90 Å². The fourth-order valence-corrected chi connectivity index (χ4v) is 12.5. The minimum absolute atomic E-state index is 0.00724. The van der Waals surface area contributed by atoms with Gasteiger partial charge in [-0.05, 0) is 159 Å². The molecule has 0 unspecified atom stereocenters. The Kier molecular flexibility index (Phi) is 12.5. The average molecular weight is 1060 g/mol. The Hall–Kier alpha value is -8.72. The second kappa shape index (κ2) is 19.5. The van der Waals surface area contributed by atoms with Crippen LogP contribution in [0.5, 0.6) is 0 Å². The van der Waals surface area contributed by atoms with Gasteiger partial charge < -0.3 is 9.47 Å². The van der Waals surface area contributed by atoms with Crippen LogP contribution in [0.1, 0.15) is 105 Å². The summed E-state index contributed by atoms with van der Waals surface area (Å²) in [5, 5.41) is 9.90. The normalized spacial score (nSPS) is 12.6. The maximum Gasteiger partial charge on any atom is 0.0541 e. The Labute approximate surface area is 485 Å². The molecule has 1 heterocycles. The van der Waals surface area contributed by atoms with Crippen LogP contribution >= 0.6 is 0 Å². The number of benzene rings is 12. The van der Waals surface area contributed by atoms with Crippen LogP contribution in [0.3, 0.4) is 0 Å². The van der Waals surface area contributed by atoms with Gasteiger partial charge in [-0.25, -0.2) is 0 Å². The first-order valence-electron chi connectivity index (χ1n) is 29.4. The molecule has 0 radical (unpaired) electrons. The van der Waals surface area contributed by atoms with Crippen molar-refractivity contribution in [3.8, 4) is 50.2 Å². The Bertz CT molecular complexity index is 4380. The largest absolute Gasteiger partial charge is 0.309 e. The standard InChI is InChI=1S/C80H74N2/c1-77(2,3)60-42-58(43-61(49-60)78(4,5)6)56-34-40-73-68(47-56)69-48-57(59-44-62(79(7,8)9)50-63(45-59)80(10,11)12)35-41-74(69)82(73)72-39-33-54-30-36-66-71(38-32-53-31-37-67(72)76(54)75(53)66)81(64-27-21-26-55(46-64)51-22-15-13-16-23-51)70-29-20-19-28-65(70)52-24-17-14-18-25-52/h13-50H,1-12H3. The van der Waals surface area contributed by atoms with Crippen molar-refractivity contribution in [2.24, 2.45) is 0 Å². The van der Waals surface area contributed by atoms with Gasteiger partial charge in [0.05, 0.1) is 28.1 Å². The van der Waals surface area contributed by atoms with E-state index in [4.69, 9.17) is 0 Å². The van der Waals surface area contributed by atoms with Crippen molar-refractivity contribution in [3.63, 3.8) is 0 Å². The lowest BCUT2D eigenvalue weighted by molar-refractivity contribution is 0.568. The molecule has 13 rings (SSSR count). The van der Waals surface area contributed by atoms with E-state index in [1.807, 2.05) is 0 Å². The summed E-state index contributed by atoms with van der Waals surface area (Å²) in [5.74, 6) is 0. The van der Waals surface area contributed by atoms with Gasteiger partial charge in [-0.15, -0.1) is 0 Å². The van der Waals surface area contributed by atoms with Gasteiger partial charge in [0.25, 0.3) is 0 Å². The molecule has 0 amide bonds. The number of hydrogen-bond acceptors (Lipinski definition) is 1. The Morgan fingerprint density at radius 1 is 0.280 bits per heavy atom. The highest BCUT2D eigenvalue weighted by molar-refractivity contribution is 6.28. The van der Waals surface area contributed by atoms with Crippen molar-refractivity contribution in [1.29, 1.82) is 0 Å². The third-order valence-electron chi connectivity index (χ3n) is 17.3. The molecule has 0 bridgehead atoms. The van der Waals surface area contributed by atoms with Crippen LogP contribution in [0.2, 0.25) is 0 Å². The lowest BCUT2D eigenvalue weighted by Gasteiger charge is -2.30. The van der Waals surface area contributed by atoms with E-state index >= 15 is 0 Å². The predicted octanol–water partition coefficient (Wildman–Crippen LogP) is 23.0. The lowest BCUT2D eigenvalue weighted by atomic mass is 9.78. The highest BCUT2D eigenvalue weighted by Crippen LogP contribution is 2.49. The molecule has 404 valence electrons. The van der Waals surface area contributed by atoms with Crippen LogP contribution in [0.25, 0.3) is 104 Å². The molecule has 0 saturated carbocycles. The number of aromatic nitrogens is 1. The fraction of sp³-hybridized carbons (Fsp3) is 0.200. The molecule has 0 spiro atoms. The van der Waals surface area contributed by atoms with Crippen LogP contribution in [0.4, 0.5) is 17.1 Å². The molecule has 0 aliphatic carbocycles. The van der Waals surface area contributed by atoms with E-state index < -0.39 is 0 Å². The molecule has 1 aromatic heterocycles. The number of fused-ring (bicyclic) bond motifs is 3. The summed E-state index contributed by atoms with van der Waals surface area (Å²) in [6, 6.07) is 87.4. The SMILES string of the molecule is CC(C)(C)c1cc(-c2ccc3c(c2)c2cc(-c4cc(C(C)(C)C)cc(C(C)(C)C)c4)ccc2n3-c2ccc3ccc4c(N(c5cccc(-c6ccccc6)c5)c5ccccc5-c5ccccc5)ccc5ccc2c3c54)cc(C(C)(C)C)c1. The molecule has 0 saturated heterocycles. The third-order valence-corrected chi connectivity index (χ3v) is 17.3. The molecule has 2 nitrogen and oxygen atoms in total. The summed E-state index contributed by atoms with van der Waals surface area (Å²) in [6.45, 7) is 28.0. The lowest BCUT2D eigenvalue weighted by Crippen LogP contribution is -2.16. The van der Waals surface area contributed by atoms with Crippen LogP contribution in [-0.4, -0.2) is 4.57 Å². The van der Waals surface area contributed by atoms with E-state index in [1.165, 1.54) is 127 Å². The second-order valence-electron chi connectivity index (χ2n) is 27.1. The first-order chi connectivity index (χ1) is 39.2. The summed E-state index contributed by atoms with van der Waals surface area (Å²) < 4.78 is 2.56. The topological polar surface area (TPSA) is 8.17 Å². The van der Waals surface area contributed by atoms with Gasteiger partial charge in [0.2, 0.25) is 0 Å². The first-order valence-corrected chi connectivity index (χ1v) is 29.4. The van der Waals surface area contributed by atoms with Gasteiger partial charge in [0, 0.05) is 32.8 Å². The Balaban J connectivity index is 1.06. The van der Waals surface area contributed by atoms with Crippen molar-refractivity contribution in [3.05, 3.63) is 253 Å². The van der Waals surface area contributed by atoms with Crippen molar-refractivity contribution in [1.82, 2.24) is 4.57 Å². The van der Waals surface area contributed by atoms with Crippen molar-refractivity contribution >= 4 is 71.2 Å².